The minimum absolute atomic E-state index is 0.159. The van der Waals surface area contributed by atoms with Crippen LogP contribution in [0.2, 0.25) is 0 Å². The second kappa shape index (κ2) is 5.45. The summed E-state index contributed by atoms with van der Waals surface area (Å²) in [6, 6.07) is 1.46. The van der Waals surface area contributed by atoms with Crippen LogP contribution in [-0.2, 0) is 0 Å². The maximum Gasteiger partial charge on any atom is 0.252 e. The molecule has 1 heterocycles. The van der Waals surface area contributed by atoms with Crippen molar-refractivity contribution in [2.45, 2.75) is 13.3 Å². The minimum Gasteiger partial charge on any atom is -0.393 e. The van der Waals surface area contributed by atoms with Crippen LogP contribution in [-0.4, -0.2) is 28.0 Å². The van der Waals surface area contributed by atoms with Gasteiger partial charge in [0.1, 0.15) is 5.82 Å². The van der Waals surface area contributed by atoms with Crippen molar-refractivity contribution in [2.24, 2.45) is 5.73 Å². The third kappa shape index (κ3) is 3.67. The Bertz CT molecular complexity index is 390. The molecule has 0 aromatic carbocycles. The molecule has 0 radical (unpaired) electrons. The van der Waals surface area contributed by atoms with Gasteiger partial charge in [-0.1, -0.05) is 12.2 Å². The van der Waals surface area contributed by atoms with Crippen molar-refractivity contribution in [3.8, 4) is 0 Å². The number of aromatic amines is 1. The van der Waals surface area contributed by atoms with Gasteiger partial charge in [-0.15, -0.1) is 0 Å². The van der Waals surface area contributed by atoms with E-state index in [9.17, 15) is 4.79 Å². The SMILES string of the molecule is CCN(CCC(N)=S)c1cc(=O)[nH]cn1. The fraction of sp³-hybridized carbons (Fsp3) is 0.444. The summed E-state index contributed by atoms with van der Waals surface area (Å²) >= 11 is 4.80. The quantitative estimate of drug-likeness (QED) is 0.705. The zero-order valence-electron chi connectivity index (χ0n) is 8.56. The van der Waals surface area contributed by atoms with Crippen molar-refractivity contribution in [1.29, 1.82) is 0 Å². The maximum atomic E-state index is 11.1. The maximum absolute atomic E-state index is 11.1. The third-order valence-corrected chi connectivity index (χ3v) is 2.20. The lowest BCUT2D eigenvalue weighted by Gasteiger charge is -2.20. The molecular weight excluding hydrogens is 212 g/mol. The van der Waals surface area contributed by atoms with E-state index < -0.39 is 0 Å². The molecule has 5 nitrogen and oxygen atoms in total. The molecule has 6 heteroatoms. The lowest BCUT2D eigenvalue weighted by molar-refractivity contribution is 0.814. The number of nitrogens with one attached hydrogen (secondary N) is 1. The van der Waals surface area contributed by atoms with E-state index in [1.807, 2.05) is 11.8 Å². The first-order valence-corrected chi connectivity index (χ1v) is 5.12. The Morgan fingerprint density at radius 1 is 1.73 bits per heavy atom. The summed E-state index contributed by atoms with van der Waals surface area (Å²) in [6.45, 7) is 3.43. The number of rotatable bonds is 5. The molecule has 0 aliphatic heterocycles. The number of thiocarbonyl (C=S) groups is 1. The van der Waals surface area contributed by atoms with Crippen LogP contribution < -0.4 is 16.2 Å². The average molecular weight is 226 g/mol. The van der Waals surface area contributed by atoms with Gasteiger partial charge in [-0.05, 0) is 6.92 Å². The monoisotopic (exact) mass is 226 g/mol. The zero-order chi connectivity index (χ0) is 11.3. The van der Waals surface area contributed by atoms with Gasteiger partial charge in [-0.2, -0.15) is 0 Å². The molecule has 3 N–H and O–H groups in total. The third-order valence-electron chi connectivity index (χ3n) is 2.00. The summed E-state index contributed by atoms with van der Waals surface area (Å²) in [5.74, 6) is 0.650. The summed E-state index contributed by atoms with van der Waals surface area (Å²) in [4.78, 5) is 20.0. The summed E-state index contributed by atoms with van der Waals surface area (Å²) in [5, 5.41) is 0. The highest BCUT2D eigenvalue weighted by molar-refractivity contribution is 7.80. The number of nitrogens with zero attached hydrogens (tertiary/aromatic N) is 2. The molecule has 0 fully saturated rings. The summed E-state index contributed by atoms with van der Waals surface area (Å²) in [7, 11) is 0. The van der Waals surface area contributed by atoms with Gasteiger partial charge in [0.25, 0.3) is 5.56 Å². The summed E-state index contributed by atoms with van der Waals surface area (Å²) < 4.78 is 0. The van der Waals surface area contributed by atoms with Crippen molar-refractivity contribution in [3.63, 3.8) is 0 Å². The molecule has 0 bridgehead atoms. The number of H-pyrrole nitrogens is 1. The predicted octanol–water partition coefficient (Wildman–Crippen LogP) is 0.272. The van der Waals surface area contributed by atoms with Gasteiger partial charge in [0.2, 0.25) is 0 Å². The molecule has 0 spiro atoms. The molecule has 0 saturated heterocycles. The molecule has 0 saturated carbocycles. The van der Waals surface area contributed by atoms with Gasteiger partial charge in [-0.25, -0.2) is 4.98 Å². The van der Waals surface area contributed by atoms with Crippen LogP contribution in [0.4, 0.5) is 5.82 Å². The zero-order valence-corrected chi connectivity index (χ0v) is 9.38. The largest absolute Gasteiger partial charge is 0.393 e. The van der Waals surface area contributed by atoms with Gasteiger partial charge >= 0.3 is 0 Å². The van der Waals surface area contributed by atoms with E-state index in [1.54, 1.807) is 0 Å². The molecule has 15 heavy (non-hydrogen) atoms. The van der Waals surface area contributed by atoms with Crippen LogP contribution in [0.25, 0.3) is 0 Å². The van der Waals surface area contributed by atoms with Crippen molar-refractivity contribution >= 4 is 23.0 Å². The lowest BCUT2D eigenvalue weighted by Crippen LogP contribution is -2.29. The Hall–Kier alpha value is -1.43. The Morgan fingerprint density at radius 3 is 3.00 bits per heavy atom. The van der Waals surface area contributed by atoms with Gasteiger partial charge < -0.3 is 15.6 Å². The van der Waals surface area contributed by atoms with E-state index in [-0.39, 0.29) is 5.56 Å². The van der Waals surface area contributed by atoms with E-state index >= 15 is 0 Å². The highest BCUT2D eigenvalue weighted by Crippen LogP contribution is 2.06. The molecule has 1 aromatic heterocycles. The average Bonchev–Trinajstić information content (AvgIpc) is 2.18. The second-order valence-electron chi connectivity index (χ2n) is 3.07. The van der Waals surface area contributed by atoms with Crippen LogP contribution in [0.3, 0.4) is 0 Å². The second-order valence-corrected chi connectivity index (χ2v) is 3.59. The van der Waals surface area contributed by atoms with E-state index in [1.165, 1.54) is 12.4 Å². The van der Waals surface area contributed by atoms with Crippen LogP contribution in [0.15, 0.2) is 17.2 Å². The van der Waals surface area contributed by atoms with Gasteiger partial charge in [0.15, 0.2) is 0 Å². The molecule has 0 aliphatic carbocycles. The first kappa shape index (κ1) is 11.6. The van der Waals surface area contributed by atoms with Crippen molar-refractivity contribution in [2.75, 3.05) is 18.0 Å². The number of nitrogens with two attached hydrogens (primary N) is 1. The molecule has 0 aliphatic rings. The fourth-order valence-corrected chi connectivity index (χ4v) is 1.30. The number of aromatic nitrogens is 2. The summed E-state index contributed by atoms with van der Waals surface area (Å²) in [6.07, 6.45) is 2.01. The predicted molar refractivity (Wildman–Crippen MR) is 64.1 cm³/mol. The minimum atomic E-state index is -0.159. The lowest BCUT2D eigenvalue weighted by atomic mass is 10.3. The first-order chi connectivity index (χ1) is 7.13. The standard InChI is InChI=1S/C9H14N4OS/c1-2-13(4-3-7(10)15)8-5-9(14)12-6-11-8/h5-6H,2-4H2,1H3,(H2,10,15)(H,11,12,14). The van der Waals surface area contributed by atoms with Crippen molar-refractivity contribution in [1.82, 2.24) is 9.97 Å². The van der Waals surface area contributed by atoms with Crippen LogP contribution >= 0.6 is 12.2 Å². The van der Waals surface area contributed by atoms with E-state index in [0.717, 1.165) is 6.54 Å². The Balaban J connectivity index is 2.74. The normalized spacial score (nSPS) is 9.93. The molecule has 0 unspecified atom stereocenters. The van der Waals surface area contributed by atoms with E-state index in [4.69, 9.17) is 18.0 Å². The van der Waals surface area contributed by atoms with E-state index in [0.29, 0.717) is 23.8 Å². The van der Waals surface area contributed by atoms with Crippen LogP contribution in [0.5, 0.6) is 0 Å². The fourth-order valence-electron chi connectivity index (χ4n) is 1.21. The Morgan fingerprint density at radius 2 is 2.47 bits per heavy atom. The smallest absolute Gasteiger partial charge is 0.252 e. The van der Waals surface area contributed by atoms with Gasteiger partial charge in [-0.3, -0.25) is 4.79 Å². The number of hydrogen-bond acceptors (Lipinski definition) is 4. The van der Waals surface area contributed by atoms with Crippen LogP contribution in [0, 0.1) is 0 Å². The molecule has 0 atom stereocenters. The van der Waals surface area contributed by atoms with Crippen molar-refractivity contribution < 1.29 is 0 Å². The molecule has 1 aromatic rings. The van der Waals surface area contributed by atoms with Crippen LogP contribution in [0.1, 0.15) is 13.3 Å². The Kier molecular flexibility index (Phi) is 4.23. The number of anilines is 1. The van der Waals surface area contributed by atoms with E-state index in [2.05, 4.69) is 9.97 Å². The number of hydrogen-bond donors (Lipinski definition) is 2. The molecule has 1 rings (SSSR count). The molecular formula is C9H14N4OS. The molecule has 82 valence electrons. The Labute approximate surface area is 93.3 Å². The summed E-state index contributed by atoms with van der Waals surface area (Å²) in [5.41, 5.74) is 5.26. The topological polar surface area (TPSA) is 75.0 Å². The van der Waals surface area contributed by atoms with Gasteiger partial charge in [0, 0.05) is 25.6 Å². The highest BCUT2D eigenvalue weighted by atomic mass is 32.1. The van der Waals surface area contributed by atoms with Gasteiger partial charge in [0.05, 0.1) is 11.3 Å². The molecule has 0 amide bonds. The van der Waals surface area contributed by atoms with Crippen molar-refractivity contribution in [3.05, 3.63) is 22.7 Å². The first-order valence-electron chi connectivity index (χ1n) is 4.71. The highest BCUT2D eigenvalue weighted by Gasteiger charge is 2.06.